The highest BCUT2D eigenvalue weighted by atomic mass is 32.2. The monoisotopic (exact) mass is 270 g/mol. The molecule has 2 rings (SSSR count). The van der Waals surface area contributed by atoms with Crippen molar-refractivity contribution in [3.05, 3.63) is 0 Å². The van der Waals surface area contributed by atoms with Gasteiger partial charge in [-0.2, -0.15) is 11.8 Å². The Kier molecular flexibility index (Phi) is 5.84. The molecule has 0 radical (unpaired) electrons. The number of nitrogens with zero attached hydrogens (tertiary/aromatic N) is 1. The van der Waals surface area contributed by atoms with Crippen LogP contribution in [0.4, 0.5) is 0 Å². The smallest absolute Gasteiger partial charge is 0.0221 e. The fourth-order valence-electron chi connectivity index (χ4n) is 3.46. The van der Waals surface area contributed by atoms with Gasteiger partial charge in [0.25, 0.3) is 0 Å². The van der Waals surface area contributed by atoms with Gasteiger partial charge in [-0.25, -0.2) is 0 Å². The van der Waals surface area contributed by atoms with Gasteiger partial charge >= 0.3 is 0 Å². The van der Waals surface area contributed by atoms with E-state index in [2.05, 4.69) is 42.7 Å². The van der Waals surface area contributed by atoms with E-state index < -0.39 is 0 Å². The van der Waals surface area contributed by atoms with Crippen LogP contribution in [-0.4, -0.2) is 47.6 Å². The fraction of sp³-hybridized carbons (Fsp3) is 1.00. The predicted molar refractivity (Wildman–Crippen MR) is 82.4 cm³/mol. The van der Waals surface area contributed by atoms with E-state index in [1.807, 2.05) is 0 Å². The highest BCUT2D eigenvalue weighted by Crippen LogP contribution is 2.26. The van der Waals surface area contributed by atoms with Gasteiger partial charge in [-0.05, 0) is 43.1 Å². The van der Waals surface area contributed by atoms with Crippen molar-refractivity contribution in [3.8, 4) is 0 Å². The molecular formula is C15H30N2S. The summed E-state index contributed by atoms with van der Waals surface area (Å²) in [6, 6.07) is 2.37. The van der Waals surface area contributed by atoms with Crippen molar-refractivity contribution < 1.29 is 0 Å². The average Bonchev–Trinajstić information content (AvgIpc) is 2.39. The Morgan fingerprint density at radius 1 is 1.28 bits per heavy atom. The van der Waals surface area contributed by atoms with Crippen LogP contribution < -0.4 is 5.32 Å². The Labute approximate surface area is 117 Å². The quantitative estimate of drug-likeness (QED) is 0.845. The Bertz CT molecular complexity index is 239. The molecule has 0 aromatic rings. The van der Waals surface area contributed by atoms with Crippen LogP contribution in [0.3, 0.4) is 0 Å². The summed E-state index contributed by atoms with van der Waals surface area (Å²) in [7, 11) is 0. The van der Waals surface area contributed by atoms with Crippen LogP contribution in [0.25, 0.3) is 0 Å². The van der Waals surface area contributed by atoms with E-state index in [0.29, 0.717) is 0 Å². The fourth-order valence-corrected chi connectivity index (χ4v) is 4.54. The third-order valence-electron chi connectivity index (χ3n) is 4.43. The van der Waals surface area contributed by atoms with Crippen LogP contribution in [0, 0.1) is 5.92 Å². The second-order valence-electron chi connectivity index (χ2n) is 6.34. The van der Waals surface area contributed by atoms with Crippen LogP contribution in [0.15, 0.2) is 0 Å². The van der Waals surface area contributed by atoms with E-state index in [-0.39, 0.29) is 0 Å². The number of hydrogen-bond donors (Lipinski definition) is 1. The number of rotatable bonds is 4. The van der Waals surface area contributed by atoms with Gasteiger partial charge in [-0.3, -0.25) is 4.90 Å². The summed E-state index contributed by atoms with van der Waals surface area (Å²) >= 11 is 2.14. The van der Waals surface area contributed by atoms with E-state index >= 15 is 0 Å². The maximum Gasteiger partial charge on any atom is 0.0221 e. The van der Waals surface area contributed by atoms with Crippen molar-refractivity contribution in [2.24, 2.45) is 5.92 Å². The first-order valence-corrected chi connectivity index (χ1v) is 8.93. The zero-order valence-corrected chi connectivity index (χ0v) is 13.1. The molecule has 3 heteroatoms. The Morgan fingerprint density at radius 3 is 2.61 bits per heavy atom. The molecule has 0 amide bonds. The molecule has 106 valence electrons. The molecule has 0 bridgehead atoms. The maximum absolute atomic E-state index is 3.77. The summed E-state index contributed by atoms with van der Waals surface area (Å²) < 4.78 is 0. The molecule has 0 saturated carbocycles. The second kappa shape index (κ2) is 7.16. The van der Waals surface area contributed by atoms with E-state index in [1.165, 1.54) is 50.3 Å². The third-order valence-corrected chi connectivity index (χ3v) is 5.48. The van der Waals surface area contributed by atoms with Gasteiger partial charge in [0, 0.05) is 31.2 Å². The Hall–Kier alpha value is 0.270. The summed E-state index contributed by atoms with van der Waals surface area (Å²) in [5, 5.41) is 3.77. The van der Waals surface area contributed by atoms with Gasteiger partial charge in [-0.1, -0.05) is 20.8 Å². The minimum Gasteiger partial charge on any atom is -0.311 e. The zero-order valence-electron chi connectivity index (χ0n) is 12.3. The molecule has 2 saturated heterocycles. The van der Waals surface area contributed by atoms with E-state index in [4.69, 9.17) is 0 Å². The van der Waals surface area contributed by atoms with Crippen LogP contribution in [-0.2, 0) is 0 Å². The third kappa shape index (κ3) is 3.88. The molecule has 18 heavy (non-hydrogen) atoms. The number of hydrogen-bond acceptors (Lipinski definition) is 3. The van der Waals surface area contributed by atoms with E-state index in [9.17, 15) is 0 Å². The molecule has 1 N–H and O–H groups in total. The van der Waals surface area contributed by atoms with Crippen molar-refractivity contribution in [1.29, 1.82) is 0 Å². The van der Waals surface area contributed by atoms with Crippen LogP contribution in [0.5, 0.6) is 0 Å². The average molecular weight is 270 g/mol. The first-order valence-electron chi connectivity index (χ1n) is 7.77. The van der Waals surface area contributed by atoms with Gasteiger partial charge in [0.05, 0.1) is 0 Å². The van der Waals surface area contributed by atoms with Crippen LogP contribution >= 0.6 is 11.8 Å². The molecule has 2 heterocycles. The molecular weight excluding hydrogens is 240 g/mol. The first kappa shape index (κ1) is 14.7. The van der Waals surface area contributed by atoms with Crippen molar-refractivity contribution in [1.82, 2.24) is 10.2 Å². The summed E-state index contributed by atoms with van der Waals surface area (Å²) in [5.41, 5.74) is 0. The molecule has 0 aromatic heterocycles. The Morgan fingerprint density at radius 2 is 2.00 bits per heavy atom. The lowest BCUT2D eigenvalue weighted by molar-refractivity contribution is 0.0689. The zero-order chi connectivity index (χ0) is 13.0. The molecule has 2 aliphatic heterocycles. The summed E-state index contributed by atoms with van der Waals surface area (Å²) in [4.78, 5) is 2.85. The van der Waals surface area contributed by atoms with Gasteiger partial charge < -0.3 is 5.32 Å². The number of thioether (sulfide) groups is 1. The van der Waals surface area contributed by atoms with Crippen molar-refractivity contribution in [3.63, 3.8) is 0 Å². The normalized spacial score (nSPS) is 32.0. The first-order chi connectivity index (χ1) is 8.70. The molecule has 0 aliphatic carbocycles. The highest BCUT2D eigenvalue weighted by molar-refractivity contribution is 7.99. The maximum atomic E-state index is 3.77. The molecule has 2 nitrogen and oxygen atoms in total. The number of nitrogens with one attached hydrogen (secondary N) is 1. The van der Waals surface area contributed by atoms with E-state index in [1.54, 1.807) is 0 Å². The van der Waals surface area contributed by atoms with Crippen molar-refractivity contribution in [2.75, 3.05) is 24.6 Å². The van der Waals surface area contributed by atoms with Gasteiger partial charge in [0.1, 0.15) is 0 Å². The minimum atomic E-state index is 0.724. The largest absolute Gasteiger partial charge is 0.311 e. The lowest BCUT2D eigenvalue weighted by Crippen LogP contribution is -2.60. The van der Waals surface area contributed by atoms with E-state index in [0.717, 1.165) is 24.0 Å². The number of piperazine rings is 1. The standard InChI is InChI=1S/C15H30N2S/c1-4-14-10-16-13(9-12(2)3)11-17(14)15-5-7-18-8-6-15/h12-16H,4-11H2,1-3H3. The summed E-state index contributed by atoms with van der Waals surface area (Å²) in [6.45, 7) is 9.52. The minimum absolute atomic E-state index is 0.724. The van der Waals surface area contributed by atoms with Crippen molar-refractivity contribution >= 4 is 11.8 Å². The summed E-state index contributed by atoms with van der Waals surface area (Å²) in [5.74, 6) is 3.56. The molecule has 0 aromatic carbocycles. The van der Waals surface area contributed by atoms with Gasteiger partial charge in [0.15, 0.2) is 0 Å². The molecule has 2 unspecified atom stereocenters. The van der Waals surface area contributed by atoms with Crippen molar-refractivity contribution in [2.45, 2.75) is 64.6 Å². The SMILES string of the molecule is CCC1CNC(CC(C)C)CN1C1CCSCC1. The second-order valence-corrected chi connectivity index (χ2v) is 7.56. The lowest BCUT2D eigenvalue weighted by Gasteiger charge is -2.46. The van der Waals surface area contributed by atoms with Gasteiger partial charge in [-0.15, -0.1) is 0 Å². The molecule has 2 atom stereocenters. The molecule has 2 fully saturated rings. The summed E-state index contributed by atoms with van der Waals surface area (Å²) in [6.07, 6.45) is 5.45. The lowest BCUT2D eigenvalue weighted by atomic mass is 9.96. The van der Waals surface area contributed by atoms with Crippen LogP contribution in [0.2, 0.25) is 0 Å². The molecule has 0 spiro atoms. The van der Waals surface area contributed by atoms with Gasteiger partial charge in [0.2, 0.25) is 0 Å². The Balaban J connectivity index is 1.93. The molecule has 2 aliphatic rings. The highest BCUT2D eigenvalue weighted by Gasteiger charge is 2.32. The predicted octanol–water partition coefficient (Wildman–Crippen LogP) is 2.98. The van der Waals surface area contributed by atoms with Crippen LogP contribution in [0.1, 0.15) is 46.5 Å². The topological polar surface area (TPSA) is 15.3 Å².